The summed E-state index contributed by atoms with van der Waals surface area (Å²) >= 11 is 0. The molecule has 0 saturated heterocycles. The predicted octanol–water partition coefficient (Wildman–Crippen LogP) is 1.80. The summed E-state index contributed by atoms with van der Waals surface area (Å²) < 4.78 is 37.0. The van der Waals surface area contributed by atoms with Crippen LogP contribution in [0, 0.1) is 6.92 Å². The van der Waals surface area contributed by atoms with Crippen molar-refractivity contribution < 1.29 is 23.1 Å². The van der Waals surface area contributed by atoms with Gasteiger partial charge in [-0.3, -0.25) is 4.57 Å². The fourth-order valence-corrected chi connectivity index (χ4v) is 1.63. The van der Waals surface area contributed by atoms with E-state index in [0.717, 1.165) is 6.07 Å². The Hall–Kier alpha value is -0.970. The minimum Gasteiger partial charge on any atom is -0.398 e. The van der Waals surface area contributed by atoms with Crippen LogP contribution in [0.5, 0.6) is 0 Å². The maximum Gasteiger partial charge on any atom is 0.399 e. The van der Waals surface area contributed by atoms with Crippen LogP contribution in [0.1, 0.15) is 11.1 Å². The van der Waals surface area contributed by atoms with E-state index in [2.05, 4.69) is 0 Å². The largest absolute Gasteiger partial charge is 0.399 e. The molecule has 4 nitrogen and oxygen atoms in total. The number of alkyl halides is 2. The minimum absolute atomic E-state index is 0.330. The van der Waals surface area contributed by atoms with Crippen molar-refractivity contribution >= 4 is 13.3 Å². The fourth-order valence-electron chi connectivity index (χ4n) is 1.11. The molecule has 0 atom stereocenters. The average Bonchev–Trinajstić information content (AvgIpc) is 2.00. The van der Waals surface area contributed by atoms with Gasteiger partial charge in [0.15, 0.2) is 0 Å². The standard InChI is InChI=1S/C8H10F2NO3P/c1-5-2-3-6(7(11)4-5)8(9,10)15(12,13)14/h2-4H,11H2,1H3,(H2,12,13,14). The zero-order valence-electron chi connectivity index (χ0n) is 7.82. The van der Waals surface area contributed by atoms with E-state index in [1.807, 2.05) is 0 Å². The second kappa shape index (κ2) is 3.56. The van der Waals surface area contributed by atoms with E-state index in [1.54, 1.807) is 6.92 Å². The molecule has 0 aliphatic rings. The third kappa shape index (κ3) is 2.17. The summed E-state index contributed by atoms with van der Waals surface area (Å²) in [5, 5.41) is 0. The molecule has 7 heteroatoms. The first kappa shape index (κ1) is 12.1. The van der Waals surface area contributed by atoms with E-state index < -0.39 is 18.8 Å². The van der Waals surface area contributed by atoms with Crippen LogP contribution in [0.4, 0.5) is 14.5 Å². The summed E-state index contributed by atoms with van der Waals surface area (Å²) in [6.07, 6.45) is 0. The van der Waals surface area contributed by atoms with E-state index in [1.165, 1.54) is 12.1 Å². The van der Waals surface area contributed by atoms with E-state index >= 15 is 0 Å². The molecule has 0 radical (unpaired) electrons. The van der Waals surface area contributed by atoms with Crippen LogP contribution < -0.4 is 5.73 Å². The number of aryl methyl sites for hydroxylation is 1. The van der Waals surface area contributed by atoms with Gasteiger partial charge in [-0.25, -0.2) is 0 Å². The molecule has 0 aromatic heterocycles. The van der Waals surface area contributed by atoms with Crippen LogP contribution in [0.15, 0.2) is 18.2 Å². The van der Waals surface area contributed by atoms with Crippen LogP contribution in [-0.2, 0) is 10.2 Å². The molecule has 0 aliphatic carbocycles. The number of nitrogen functional groups attached to an aromatic ring is 1. The second-order valence-electron chi connectivity index (χ2n) is 3.18. The molecule has 0 fully saturated rings. The molecule has 0 aliphatic heterocycles. The maximum atomic E-state index is 13.2. The van der Waals surface area contributed by atoms with Gasteiger partial charge in [0, 0.05) is 5.69 Å². The Morgan fingerprint density at radius 2 is 1.93 bits per heavy atom. The van der Waals surface area contributed by atoms with Gasteiger partial charge in [-0.1, -0.05) is 6.07 Å². The van der Waals surface area contributed by atoms with Crippen LogP contribution in [0.3, 0.4) is 0 Å². The SMILES string of the molecule is Cc1ccc(C(F)(F)P(=O)(O)O)c(N)c1. The Labute approximate surface area is 84.9 Å². The lowest BCUT2D eigenvalue weighted by molar-refractivity contribution is 0.0571. The van der Waals surface area contributed by atoms with Crippen molar-refractivity contribution in [3.05, 3.63) is 29.3 Å². The molecule has 1 rings (SSSR count). The van der Waals surface area contributed by atoms with Gasteiger partial charge in [-0.05, 0) is 24.6 Å². The lowest BCUT2D eigenvalue weighted by Gasteiger charge is -2.19. The fraction of sp³-hybridized carbons (Fsp3) is 0.250. The minimum atomic E-state index is -5.55. The Bertz CT molecular complexity index is 430. The quantitative estimate of drug-likeness (QED) is 0.541. The lowest BCUT2D eigenvalue weighted by Crippen LogP contribution is -2.16. The van der Waals surface area contributed by atoms with E-state index in [4.69, 9.17) is 15.5 Å². The van der Waals surface area contributed by atoms with Gasteiger partial charge < -0.3 is 15.5 Å². The molecule has 0 amide bonds. The molecule has 0 spiro atoms. The first-order valence-corrected chi connectivity index (χ1v) is 5.57. The Morgan fingerprint density at radius 1 is 1.40 bits per heavy atom. The number of anilines is 1. The molecule has 1 aromatic rings. The molecular formula is C8H10F2NO3P. The Balaban J connectivity index is 3.34. The average molecular weight is 237 g/mol. The van der Waals surface area contributed by atoms with Crippen LogP contribution in [0.25, 0.3) is 0 Å². The number of hydrogen-bond acceptors (Lipinski definition) is 2. The highest BCUT2D eigenvalue weighted by Crippen LogP contribution is 2.60. The van der Waals surface area contributed by atoms with Gasteiger partial charge in [0.1, 0.15) is 0 Å². The molecular weight excluding hydrogens is 227 g/mol. The van der Waals surface area contributed by atoms with Crippen LogP contribution >= 0.6 is 7.60 Å². The number of benzene rings is 1. The molecule has 0 unspecified atom stereocenters. The highest BCUT2D eigenvalue weighted by molar-refractivity contribution is 7.52. The van der Waals surface area contributed by atoms with Gasteiger partial charge in [-0.2, -0.15) is 8.78 Å². The van der Waals surface area contributed by atoms with Crippen molar-refractivity contribution in [3.8, 4) is 0 Å². The highest BCUT2D eigenvalue weighted by Gasteiger charge is 2.51. The Morgan fingerprint density at radius 3 is 2.33 bits per heavy atom. The van der Waals surface area contributed by atoms with Gasteiger partial charge in [0.05, 0.1) is 5.56 Å². The summed E-state index contributed by atoms with van der Waals surface area (Å²) in [4.78, 5) is 17.0. The number of nitrogens with two attached hydrogens (primary N) is 1. The van der Waals surface area contributed by atoms with Gasteiger partial charge in [0.2, 0.25) is 0 Å². The zero-order chi connectivity index (χ0) is 11.9. The smallest absolute Gasteiger partial charge is 0.398 e. The number of hydrogen-bond donors (Lipinski definition) is 3. The predicted molar refractivity (Wildman–Crippen MR) is 51.5 cm³/mol. The second-order valence-corrected chi connectivity index (χ2v) is 4.83. The molecule has 15 heavy (non-hydrogen) atoms. The summed E-state index contributed by atoms with van der Waals surface area (Å²) in [5.74, 6) is 0. The van der Waals surface area contributed by atoms with Gasteiger partial charge >= 0.3 is 13.3 Å². The summed E-state index contributed by atoms with van der Waals surface area (Å²) in [6.45, 7) is 1.63. The Kier molecular flexibility index (Phi) is 2.87. The first-order chi connectivity index (χ1) is 6.66. The first-order valence-electron chi connectivity index (χ1n) is 3.96. The van der Waals surface area contributed by atoms with Crippen molar-refractivity contribution in [1.82, 2.24) is 0 Å². The van der Waals surface area contributed by atoms with Crippen molar-refractivity contribution in [2.75, 3.05) is 5.73 Å². The normalized spacial score (nSPS) is 12.9. The maximum absolute atomic E-state index is 13.2. The third-order valence-corrected chi connectivity index (χ3v) is 2.87. The molecule has 1 aromatic carbocycles. The van der Waals surface area contributed by atoms with E-state index in [9.17, 15) is 13.3 Å². The van der Waals surface area contributed by atoms with Gasteiger partial charge in [0.25, 0.3) is 0 Å². The van der Waals surface area contributed by atoms with Crippen LogP contribution in [0.2, 0.25) is 0 Å². The number of rotatable bonds is 2. The third-order valence-electron chi connectivity index (χ3n) is 1.90. The van der Waals surface area contributed by atoms with Crippen molar-refractivity contribution in [3.63, 3.8) is 0 Å². The van der Waals surface area contributed by atoms with Crippen LogP contribution in [-0.4, -0.2) is 9.79 Å². The molecule has 4 N–H and O–H groups in total. The van der Waals surface area contributed by atoms with Crippen molar-refractivity contribution in [2.24, 2.45) is 0 Å². The van der Waals surface area contributed by atoms with Gasteiger partial charge in [-0.15, -0.1) is 0 Å². The summed E-state index contributed by atoms with van der Waals surface area (Å²) in [7, 11) is -5.55. The molecule has 0 saturated carbocycles. The topological polar surface area (TPSA) is 83.5 Å². The summed E-state index contributed by atoms with van der Waals surface area (Å²) in [6, 6.07) is 3.47. The molecule has 84 valence electrons. The van der Waals surface area contributed by atoms with Crippen molar-refractivity contribution in [2.45, 2.75) is 12.6 Å². The monoisotopic (exact) mass is 237 g/mol. The number of halogens is 2. The lowest BCUT2D eigenvalue weighted by atomic mass is 10.1. The molecule has 0 heterocycles. The van der Waals surface area contributed by atoms with Crippen molar-refractivity contribution in [1.29, 1.82) is 0 Å². The van der Waals surface area contributed by atoms with E-state index in [-0.39, 0.29) is 5.69 Å². The highest BCUT2D eigenvalue weighted by atomic mass is 31.2. The van der Waals surface area contributed by atoms with E-state index in [0.29, 0.717) is 5.56 Å². The zero-order valence-corrected chi connectivity index (χ0v) is 8.71. The summed E-state index contributed by atoms with van der Waals surface area (Å²) in [5.41, 5.74) is 0.496. The molecule has 0 bridgehead atoms.